The number of benzene rings is 1. The molecule has 0 saturated carbocycles. The molecule has 2 aromatic heterocycles. The molecular weight excluding hydrogens is 350 g/mol. The van der Waals surface area contributed by atoms with Gasteiger partial charge in [0, 0.05) is 56.0 Å². The van der Waals surface area contributed by atoms with E-state index in [0.29, 0.717) is 11.4 Å². The summed E-state index contributed by atoms with van der Waals surface area (Å²) in [4.78, 5) is 27.6. The van der Waals surface area contributed by atoms with Crippen LogP contribution in [0.2, 0.25) is 0 Å². The van der Waals surface area contributed by atoms with E-state index in [1.54, 1.807) is 24.8 Å². The van der Waals surface area contributed by atoms with Gasteiger partial charge in [-0.05, 0) is 36.6 Å². The van der Waals surface area contributed by atoms with Gasteiger partial charge in [0.05, 0.1) is 5.56 Å². The van der Waals surface area contributed by atoms with Gasteiger partial charge in [0.25, 0.3) is 5.91 Å². The average Bonchev–Trinajstić information content (AvgIpc) is 2.74. The number of aromatic nitrogens is 3. The van der Waals surface area contributed by atoms with Gasteiger partial charge in [-0.1, -0.05) is 24.3 Å². The first-order chi connectivity index (χ1) is 13.7. The summed E-state index contributed by atoms with van der Waals surface area (Å²) in [6, 6.07) is 12.3. The third kappa shape index (κ3) is 4.23. The summed E-state index contributed by atoms with van der Waals surface area (Å²) in [5, 5.41) is 3.05. The fourth-order valence-corrected chi connectivity index (χ4v) is 3.54. The van der Waals surface area contributed by atoms with Crippen molar-refractivity contribution in [2.75, 3.05) is 13.1 Å². The molecule has 28 heavy (non-hydrogen) atoms. The SMILES string of the molecule is C[C@@H](CN1CCc2ccccc2C1)NC(=O)c1cnc(-c2cccnc2)nc1. The molecule has 3 aromatic rings. The zero-order chi connectivity index (χ0) is 19.3. The number of carbonyl (C=O) groups is 1. The minimum Gasteiger partial charge on any atom is -0.348 e. The highest BCUT2D eigenvalue weighted by atomic mass is 16.1. The molecule has 0 saturated heterocycles. The van der Waals surface area contributed by atoms with Gasteiger partial charge < -0.3 is 5.32 Å². The van der Waals surface area contributed by atoms with E-state index < -0.39 is 0 Å². The normalized spacial score (nSPS) is 14.9. The smallest absolute Gasteiger partial charge is 0.254 e. The van der Waals surface area contributed by atoms with Crippen molar-refractivity contribution in [2.45, 2.75) is 25.9 Å². The Hall–Kier alpha value is -3.12. The van der Waals surface area contributed by atoms with Crippen LogP contribution in [0.25, 0.3) is 11.4 Å². The highest BCUT2D eigenvalue weighted by molar-refractivity contribution is 5.93. The summed E-state index contributed by atoms with van der Waals surface area (Å²) in [7, 11) is 0. The van der Waals surface area contributed by atoms with E-state index in [1.165, 1.54) is 11.1 Å². The minimum atomic E-state index is -0.150. The minimum absolute atomic E-state index is 0.0377. The summed E-state index contributed by atoms with van der Waals surface area (Å²) in [6.07, 6.45) is 7.59. The van der Waals surface area contributed by atoms with E-state index in [9.17, 15) is 4.79 Å². The number of nitrogens with one attached hydrogen (secondary N) is 1. The molecule has 1 aliphatic heterocycles. The number of carbonyl (C=O) groups excluding carboxylic acids is 1. The second-order valence-corrected chi connectivity index (χ2v) is 7.17. The van der Waals surface area contributed by atoms with Crippen LogP contribution in [0, 0.1) is 0 Å². The van der Waals surface area contributed by atoms with Crippen LogP contribution in [0.1, 0.15) is 28.4 Å². The Balaban J connectivity index is 1.33. The number of pyridine rings is 1. The quantitative estimate of drug-likeness (QED) is 0.745. The maximum Gasteiger partial charge on any atom is 0.254 e. The van der Waals surface area contributed by atoms with Crippen molar-refractivity contribution in [3.8, 4) is 11.4 Å². The maximum atomic E-state index is 12.5. The van der Waals surface area contributed by atoms with E-state index in [0.717, 1.165) is 31.6 Å². The van der Waals surface area contributed by atoms with Crippen LogP contribution < -0.4 is 5.32 Å². The van der Waals surface area contributed by atoms with E-state index in [-0.39, 0.29) is 11.9 Å². The highest BCUT2D eigenvalue weighted by Gasteiger charge is 2.19. The topological polar surface area (TPSA) is 71.0 Å². The molecule has 0 fully saturated rings. The molecule has 0 aliphatic carbocycles. The third-order valence-electron chi connectivity index (χ3n) is 4.95. The van der Waals surface area contributed by atoms with E-state index in [1.807, 2.05) is 19.1 Å². The second-order valence-electron chi connectivity index (χ2n) is 7.17. The molecular formula is C22H23N5O. The molecule has 1 aliphatic rings. The van der Waals surface area contributed by atoms with Gasteiger partial charge in [0.1, 0.15) is 0 Å². The van der Waals surface area contributed by atoms with Crippen LogP contribution >= 0.6 is 0 Å². The van der Waals surface area contributed by atoms with Crippen LogP contribution in [0.4, 0.5) is 0 Å². The van der Waals surface area contributed by atoms with Gasteiger partial charge in [-0.2, -0.15) is 0 Å². The van der Waals surface area contributed by atoms with Crippen LogP contribution in [-0.2, 0) is 13.0 Å². The van der Waals surface area contributed by atoms with E-state index >= 15 is 0 Å². The third-order valence-corrected chi connectivity index (χ3v) is 4.95. The summed E-state index contributed by atoms with van der Waals surface area (Å²) >= 11 is 0. The molecule has 1 aromatic carbocycles. The first-order valence-electron chi connectivity index (χ1n) is 9.51. The Morgan fingerprint density at radius 1 is 1.11 bits per heavy atom. The van der Waals surface area contributed by atoms with Crippen molar-refractivity contribution in [3.63, 3.8) is 0 Å². The lowest BCUT2D eigenvalue weighted by Gasteiger charge is -2.31. The lowest BCUT2D eigenvalue weighted by molar-refractivity contribution is 0.0926. The summed E-state index contributed by atoms with van der Waals surface area (Å²) in [6.45, 7) is 4.79. The number of hydrogen-bond donors (Lipinski definition) is 1. The van der Waals surface area contributed by atoms with Gasteiger partial charge in [-0.25, -0.2) is 9.97 Å². The van der Waals surface area contributed by atoms with Gasteiger partial charge >= 0.3 is 0 Å². The summed E-state index contributed by atoms with van der Waals surface area (Å²) in [5.74, 6) is 0.410. The summed E-state index contributed by atoms with van der Waals surface area (Å²) < 4.78 is 0. The molecule has 6 heteroatoms. The first kappa shape index (κ1) is 18.3. The molecule has 142 valence electrons. The molecule has 1 N–H and O–H groups in total. The van der Waals surface area contributed by atoms with Crippen molar-refractivity contribution in [1.82, 2.24) is 25.2 Å². The van der Waals surface area contributed by atoms with Crippen molar-refractivity contribution in [3.05, 3.63) is 77.9 Å². The fourth-order valence-electron chi connectivity index (χ4n) is 3.54. The maximum absolute atomic E-state index is 12.5. The fraction of sp³-hybridized carbons (Fsp3) is 0.273. The van der Waals surface area contributed by atoms with Gasteiger partial charge in [0.2, 0.25) is 0 Å². The second kappa shape index (κ2) is 8.27. The monoisotopic (exact) mass is 373 g/mol. The molecule has 3 heterocycles. The van der Waals surface area contributed by atoms with Gasteiger partial charge in [-0.15, -0.1) is 0 Å². The number of amides is 1. The van der Waals surface area contributed by atoms with Crippen LogP contribution in [-0.4, -0.2) is 44.9 Å². The molecule has 0 spiro atoms. The van der Waals surface area contributed by atoms with E-state index in [2.05, 4.69) is 49.4 Å². The predicted molar refractivity (Wildman–Crippen MR) is 108 cm³/mol. The number of hydrogen-bond acceptors (Lipinski definition) is 5. The van der Waals surface area contributed by atoms with Crippen LogP contribution in [0.15, 0.2) is 61.2 Å². The molecule has 6 nitrogen and oxygen atoms in total. The predicted octanol–water partition coefficient (Wildman–Crippen LogP) is 2.72. The molecule has 1 atom stereocenters. The number of fused-ring (bicyclic) bond motifs is 1. The largest absolute Gasteiger partial charge is 0.348 e. The zero-order valence-electron chi connectivity index (χ0n) is 15.9. The van der Waals surface area contributed by atoms with Crippen molar-refractivity contribution in [1.29, 1.82) is 0 Å². The van der Waals surface area contributed by atoms with Crippen LogP contribution in [0.3, 0.4) is 0 Å². The standard InChI is InChI=1S/C22H23N5O/c1-16(14-27-10-8-17-5-2-3-6-19(17)15-27)26-22(28)20-12-24-21(25-13-20)18-7-4-9-23-11-18/h2-7,9,11-13,16H,8,10,14-15H2,1H3,(H,26,28)/t16-/m0/s1. The van der Waals surface area contributed by atoms with Crippen molar-refractivity contribution in [2.24, 2.45) is 0 Å². The first-order valence-corrected chi connectivity index (χ1v) is 9.51. The molecule has 1 amide bonds. The van der Waals surface area contributed by atoms with Crippen molar-refractivity contribution < 1.29 is 4.79 Å². The Morgan fingerprint density at radius 2 is 1.89 bits per heavy atom. The zero-order valence-corrected chi connectivity index (χ0v) is 15.9. The number of rotatable bonds is 5. The van der Waals surface area contributed by atoms with Gasteiger partial charge in [0.15, 0.2) is 5.82 Å². The van der Waals surface area contributed by atoms with Gasteiger partial charge in [-0.3, -0.25) is 14.7 Å². The lowest BCUT2D eigenvalue weighted by atomic mass is 10.00. The van der Waals surface area contributed by atoms with Crippen molar-refractivity contribution >= 4 is 5.91 Å². The van der Waals surface area contributed by atoms with E-state index in [4.69, 9.17) is 0 Å². The Bertz CT molecular complexity index is 943. The molecule has 4 rings (SSSR count). The lowest BCUT2D eigenvalue weighted by Crippen LogP contribution is -2.43. The Labute approximate surface area is 164 Å². The summed E-state index contributed by atoms with van der Waals surface area (Å²) in [5.41, 5.74) is 4.10. The van der Waals surface area contributed by atoms with Crippen LogP contribution in [0.5, 0.6) is 0 Å². The number of nitrogens with zero attached hydrogens (tertiary/aromatic N) is 4. The highest BCUT2D eigenvalue weighted by Crippen LogP contribution is 2.18. The molecule has 0 unspecified atom stereocenters. The Kier molecular flexibility index (Phi) is 5.39. The molecule has 0 radical (unpaired) electrons. The Morgan fingerprint density at radius 3 is 2.64 bits per heavy atom. The molecule has 0 bridgehead atoms. The average molecular weight is 373 g/mol.